The lowest BCUT2D eigenvalue weighted by Crippen LogP contribution is -3.12. The van der Waals surface area contributed by atoms with E-state index in [1.807, 2.05) is 35.7 Å². The van der Waals surface area contributed by atoms with E-state index in [2.05, 4.69) is 19.2 Å². The van der Waals surface area contributed by atoms with Crippen LogP contribution < -0.4 is 10.2 Å². The number of carbonyl (C=O) groups is 2. The third-order valence-electron chi connectivity index (χ3n) is 4.40. The Morgan fingerprint density at radius 1 is 1.15 bits per heavy atom. The monoisotopic (exact) mass is 389 g/mol. The standard InChI is InChI=1S/C21H28N2O3S/c1-4-7-13-23(5-2)14-18(24)22-20-19(21(25)26-6-3)17(15-27-20)16-11-9-8-10-12-16/h8-12,15H,4-7,13-14H2,1-3H3,(H,22,24)/p+1. The number of carbonyl (C=O) groups excluding carboxylic acids is 2. The van der Waals surface area contributed by atoms with Gasteiger partial charge in [0.2, 0.25) is 0 Å². The van der Waals surface area contributed by atoms with Crippen LogP contribution in [0.2, 0.25) is 0 Å². The molecule has 2 rings (SSSR count). The van der Waals surface area contributed by atoms with E-state index in [9.17, 15) is 9.59 Å². The van der Waals surface area contributed by atoms with Gasteiger partial charge in [-0.05, 0) is 25.8 Å². The summed E-state index contributed by atoms with van der Waals surface area (Å²) in [5.41, 5.74) is 2.16. The minimum Gasteiger partial charge on any atom is -0.462 e. The first kappa shape index (κ1) is 21.1. The van der Waals surface area contributed by atoms with Gasteiger partial charge in [0.1, 0.15) is 10.6 Å². The second kappa shape index (κ2) is 10.8. The molecule has 2 N–H and O–H groups in total. The van der Waals surface area contributed by atoms with Crippen molar-refractivity contribution in [1.82, 2.24) is 0 Å². The molecule has 1 aromatic heterocycles. The molecule has 6 heteroatoms. The number of ether oxygens (including phenoxy) is 1. The fraction of sp³-hybridized carbons (Fsp3) is 0.429. The number of quaternary nitrogens is 1. The van der Waals surface area contributed by atoms with Crippen molar-refractivity contribution in [3.8, 4) is 11.1 Å². The van der Waals surface area contributed by atoms with Crippen LogP contribution in [-0.2, 0) is 9.53 Å². The van der Waals surface area contributed by atoms with E-state index >= 15 is 0 Å². The lowest BCUT2D eigenvalue weighted by Gasteiger charge is -2.16. The van der Waals surface area contributed by atoms with Crippen molar-refractivity contribution in [2.45, 2.75) is 33.6 Å². The predicted octanol–water partition coefficient (Wildman–Crippen LogP) is 3.24. The molecule has 0 saturated carbocycles. The smallest absolute Gasteiger partial charge is 0.341 e. The largest absolute Gasteiger partial charge is 0.462 e. The number of benzene rings is 1. The summed E-state index contributed by atoms with van der Waals surface area (Å²) < 4.78 is 5.24. The van der Waals surface area contributed by atoms with Crippen molar-refractivity contribution in [3.05, 3.63) is 41.3 Å². The summed E-state index contributed by atoms with van der Waals surface area (Å²) in [6, 6.07) is 9.68. The van der Waals surface area contributed by atoms with Crippen LogP contribution in [0.25, 0.3) is 11.1 Å². The van der Waals surface area contributed by atoms with Crippen molar-refractivity contribution in [1.29, 1.82) is 0 Å². The molecule has 0 aliphatic rings. The van der Waals surface area contributed by atoms with Gasteiger partial charge in [-0.1, -0.05) is 43.7 Å². The van der Waals surface area contributed by atoms with Crippen LogP contribution in [0, 0.1) is 0 Å². The number of hydrogen-bond acceptors (Lipinski definition) is 4. The van der Waals surface area contributed by atoms with E-state index in [-0.39, 0.29) is 5.91 Å². The summed E-state index contributed by atoms with van der Waals surface area (Å²) in [5, 5.41) is 5.40. The van der Waals surface area contributed by atoms with Gasteiger partial charge >= 0.3 is 5.97 Å². The van der Waals surface area contributed by atoms with Gasteiger partial charge in [-0.15, -0.1) is 11.3 Å². The molecule has 1 atom stereocenters. The lowest BCUT2D eigenvalue weighted by atomic mass is 10.0. The van der Waals surface area contributed by atoms with Crippen molar-refractivity contribution in [2.24, 2.45) is 0 Å². The summed E-state index contributed by atoms with van der Waals surface area (Å²) in [5.74, 6) is -0.478. The van der Waals surface area contributed by atoms with Crippen LogP contribution >= 0.6 is 11.3 Å². The maximum atomic E-state index is 12.5. The summed E-state index contributed by atoms with van der Waals surface area (Å²) in [7, 11) is 0. The fourth-order valence-electron chi connectivity index (χ4n) is 2.90. The van der Waals surface area contributed by atoms with Crippen molar-refractivity contribution in [2.75, 3.05) is 31.6 Å². The minimum atomic E-state index is -0.404. The Kier molecular flexibility index (Phi) is 8.48. The van der Waals surface area contributed by atoms with Crippen molar-refractivity contribution in [3.63, 3.8) is 0 Å². The van der Waals surface area contributed by atoms with Gasteiger partial charge in [-0.2, -0.15) is 0 Å². The molecule has 1 heterocycles. The molecule has 1 aromatic carbocycles. The highest BCUT2D eigenvalue weighted by atomic mass is 32.1. The quantitative estimate of drug-likeness (QED) is 0.614. The number of rotatable bonds is 10. The first-order valence-corrected chi connectivity index (χ1v) is 10.5. The zero-order chi connectivity index (χ0) is 19.6. The SMILES string of the molecule is CCCC[NH+](CC)CC(=O)Nc1scc(-c2ccccc2)c1C(=O)OCC. The molecule has 1 unspecified atom stereocenters. The maximum Gasteiger partial charge on any atom is 0.341 e. The van der Waals surface area contributed by atoms with Gasteiger partial charge in [0.15, 0.2) is 6.54 Å². The summed E-state index contributed by atoms with van der Waals surface area (Å²) in [6.07, 6.45) is 2.21. The molecule has 0 saturated heterocycles. The number of unbranched alkanes of at least 4 members (excludes halogenated alkanes) is 1. The number of nitrogens with one attached hydrogen (secondary N) is 2. The Morgan fingerprint density at radius 2 is 1.89 bits per heavy atom. The third kappa shape index (κ3) is 5.91. The fourth-order valence-corrected chi connectivity index (χ4v) is 3.87. The first-order valence-electron chi connectivity index (χ1n) is 9.58. The number of amides is 1. The number of thiophene rings is 1. The lowest BCUT2D eigenvalue weighted by molar-refractivity contribution is -0.890. The van der Waals surface area contributed by atoms with Crippen molar-refractivity contribution >= 4 is 28.2 Å². The molecule has 0 aliphatic heterocycles. The van der Waals surface area contributed by atoms with Crippen LogP contribution in [0.3, 0.4) is 0 Å². The normalized spacial score (nSPS) is 11.8. The Hall–Kier alpha value is -2.18. The zero-order valence-corrected chi connectivity index (χ0v) is 17.2. The molecule has 0 radical (unpaired) electrons. The second-order valence-electron chi connectivity index (χ2n) is 6.37. The van der Waals surface area contributed by atoms with Gasteiger partial charge in [0.05, 0.1) is 19.7 Å². The number of esters is 1. The molecule has 0 bridgehead atoms. The molecule has 27 heavy (non-hydrogen) atoms. The predicted molar refractivity (Wildman–Crippen MR) is 110 cm³/mol. The Bertz CT molecular complexity index is 743. The average molecular weight is 390 g/mol. The highest BCUT2D eigenvalue weighted by Gasteiger charge is 2.23. The van der Waals surface area contributed by atoms with Crippen LogP contribution in [0.5, 0.6) is 0 Å². The zero-order valence-electron chi connectivity index (χ0n) is 16.3. The van der Waals surface area contributed by atoms with Gasteiger partial charge < -0.3 is 15.0 Å². The Morgan fingerprint density at radius 3 is 2.52 bits per heavy atom. The maximum absolute atomic E-state index is 12.5. The van der Waals surface area contributed by atoms with Crippen LogP contribution in [-0.4, -0.2) is 38.1 Å². The van der Waals surface area contributed by atoms with E-state index in [0.717, 1.165) is 37.1 Å². The molecular weight excluding hydrogens is 360 g/mol. The van der Waals surface area contributed by atoms with E-state index in [0.29, 0.717) is 23.7 Å². The number of hydrogen-bond donors (Lipinski definition) is 2. The van der Waals surface area contributed by atoms with Crippen LogP contribution in [0.15, 0.2) is 35.7 Å². The topological polar surface area (TPSA) is 59.8 Å². The molecule has 0 spiro atoms. The minimum absolute atomic E-state index is 0.0741. The van der Waals surface area contributed by atoms with Crippen LogP contribution in [0.1, 0.15) is 44.0 Å². The molecule has 5 nitrogen and oxygen atoms in total. The molecule has 1 amide bonds. The molecule has 0 aliphatic carbocycles. The average Bonchev–Trinajstić information content (AvgIpc) is 3.09. The van der Waals surface area contributed by atoms with E-state index < -0.39 is 5.97 Å². The van der Waals surface area contributed by atoms with Gasteiger partial charge in [-0.3, -0.25) is 4.79 Å². The summed E-state index contributed by atoms with van der Waals surface area (Å²) >= 11 is 1.36. The van der Waals surface area contributed by atoms with Crippen LogP contribution in [0.4, 0.5) is 5.00 Å². The molecule has 2 aromatic rings. The third-order valence-corrected chi connectivity index (χ3v) is 5.30. The highest BCUT2D eigenvalue weighted by molar-refractivity contribution is 7.15. The van der Waals surface area contributed by atoms with Gasteiger partial charge in [0.25, 0.3) is 5.91 Å². The number of anilines is 1. The Labute approximate surface area is 165 Å². The second-order valence-corrected chi connectivity index (χ2v) is 7.25. The van der Waals surface area contributed by atoms with Gasteiger partial charge in [-0.25, -0.2) is 4.79 Å². The van der Waals surface area contributed by atoms with Crippen molar-refractivity contribution < 1.29 is 19.2 Å². The van der Waals surface area contributed by atoms with Gasteiger partial charge in [0, 0.05) is 10.9 Å². The summed E-state index contributed by atoms with van der Waals surface area (Å²) in [4.78, 5) is 26.3. The van der Waals surface area contributed by atoms with E-state index in [4.69, 9.17) is 4.74 Å². The summed E-state index contributed by atoms with van der Waals surface area (Å²) in [6.45, 7) is 8.58. The Balaban J connectivity index is 2.22. The first-order chi connectivity index (χ1) is 13.1. The molecular formula is C21H29N2O3S+. The van der Waals surface area contributed by atoms with E-state index in [1.165, 1.54) is 16.2 Å². The van der Waals surface area contributed by atoms with E-state index in [1.54, 1.807) is 6.92 Å². The molecule has 0 fully saturated rings. The molecule has 146 valence electrons. The highest BCUT2D eigenvalue weighted by Crippen LogP contribution is 2.36. The number of likely N-dealkylation sites (N-methyl/N-ethyl adjacent to an activating group) is 1.